The van der Waals surface area contributed by atoms with Crippen molar-refractivity contribution in [2.45, 2.75) is 57.8 Å². The third-order valence-electron chi connectivity index (χ3n) is 13.6. The van der Waals surface area contributed by atoms with Crippen LogP contribution in [-0.2, 0) is 16.2 Å². The summed E-state index contributed by atoms with van der Waals surface area (Å²) in [5, 5.41) is 4.57. The van der Waals surface area contributed by atoms with Crippen molar-refractivity contribution in [2.75, 3.05) is 0 Å². The van der Waals surface area contributed by atoms with Gasteiger partial charge >= 0.3 is 0 Å². The summed E-state index contributed by atoms with van der Waals surface area (Å²) in [6.45, 7) is 14.0. The lowest BCUT2D eigenvalue weighted by atomic mass is 9.80. The number of benzene rings is 8. The fourth-order valence-corrected chi connectivity index (χ4v) is 10.5. The minimum atomic E-state index is -0.141. The van der Waals surface area contributed by atoms with Gasteiger partial charge in [0.05, 0.1) is 0 Å². The fraction of sp³-hybridized carbons (Fsp3) is 0.158. The zero-order chi connectivity index (χ0) is 38.8. The quantitative estimate of drug-likeness (QED) is 0.108. The molecular formula is C57H42. The minimum Gasteiger partial charge on any atom is -0.0619 e. The highest BCUT2D eigenvalue weighted by Crippen LogP contribution is 2.52. The van der Waals surface area contributed by atoms with E-state index in [4.69, 9.17) is 0 Å². The highest BCUT2D eigenvalue weighted by atomic mass is 14.4. The third kappa shape index (κ3) is 4.72. The molecule has 0 heterocycles. The summed E-state index contributed by atoms with van der Waals surface area (Å²) in [5.74, 6) is 14.9. The minimum absolute atomic E-state index is 0.0803. The van der Waals surface area contributed by atoms with Gasteiger partial charge in [0.1, 0.15) is 0 Å². The molecule has 0 unspecified atom stereocenters. The molecule has 0 radical (unpaired) electrons. The van der Waals surface area contributed by atoms with Crippen LogP contribution in [0.3, 0.4) is 0 Å². The van der Waals surface area contributed by atoms with Crippen molar-refractivity contribution in [1.29, 1.82) is 0 Å². The molecule has 11 rings (SSSR count). The van der Waals surface area contributed by atoms with Crippen molar-refractivity contribution in [2.24, 2.45) is 0 Å². The molecule has 3 aliphatic rings. The van der Waals surface area contributed by atoms with Crippen molar-refractivity contribution < 1.29 is 0 Å². The van der Waals surface area contributed by atoms with Gasteiger partial charge < -0.3 is 0 Å². The van der Waals surface area contributed by atoms with E-state index >= 15 is 0 Å². The van der Waals surface area contributed by atoms with E-state index in [0.29, 0.717) is 0 Å². The van der Waals surface area contributed by atoms with Crippen molar-refractivity contribution in [3.63, 3.8) is 0 Å². The second-order valence-electron chi connectivity index (χ2n) is 17.8. The molecule has 0 bridgehead atoms. The fourth-order valence-electron chi connectivity index (χ4n) is 10.5. The Bertz CT molecular complexity index is 3210. The molecular weight excluding hydrogens is 685 g/mol. The maximum atomic E-state index is 3.78. The molecule has 0 saturated heterocycles. The van der Waals surface area contributed by atoms with Crippen LogP contribution in [0.1, 0.15) is 97.2 Å². The zero-order valence-corrected chi connectivity index (χ0v) is 33.4. The standard InChI is InChI=1S/C57H42/c1-55(2)49-20-12-9-17-41(49)44-29-25-35(31-52(44)55)23-27-39-37-15-7-8-16-38(37)40(47-34-54-48(33-46(39)47)43-19-11-14-22-51(43)57(54,5)6)28-24-36-26-30-45-42-18-10-13-21-50(42)56(3,4)53(45)32-36/h7-22,25-26,29-34H,1-6H3. The van der Waals surface area contributed by atoms with Crippen LogP contribution in [0.15, 0.2) is 146 Å². The predicted molar refractivity (Wildman–Crippen MR) is 239 cm³/mol. The average molecular weight is 727 g/mol. The molecule has 270 valence electrons. The van der Waals surface area contributed by atoms with E-state index in [1.807, 2.05) is 0 Å². The second kappa shape index (κ2) is 11.7. The van der Waals surface area contributed by atoms with Crippen LogP contribution < -0.4 is 0 Å². The van der Waals surface area contributed by atoms with Crippen LogP contribution in [-0.4, -0.2) is 0 Å². The van der Waals surface area contributed by atoms with Gasteiger partial charge in [-0.2, -0.15) is 0 Å². The number of hydrogen-bond acceptors (Lipinski definition) is 0. The van der Waals surface area contributed by atoms with Gasteiger partial charge in [0.2, 0.25) is 0 Å². The van der Waals surface area contributed by atoms with Gasteiger partial charge in [-0.1, -0.05) is 174 Å². The second-order valence-corrected chi connectivity index (χ2v) is 17.8. The largest absolute Gasteiger partial charge is 0.0619 e. The lowest BCUT2D eigenvalue weighted by molar-refractivity contribution is 0.660. The molecule has 8 aromatic carbocycles. The highest BCUT2D eigenvalue weighted by molar-refractivity contribution is 6.12. The van der Waals surface area contributed by atoms with Gasteiger partial charge in [-0.15, -0.1) is 0 Å². The highest BCUT2D eigenvalue weighted by Gasteiger charge is 2.38. The first-order valence-electron chi connectivity index (χ1n) is 20.2. The lowest BCUT2D eigenvalue weighted by Crippen LogP contribution is -2.15. The van der Waals surface area contributed by atoms with Crippen molar-refractivity contribution in [3.05, 3.63) is 201 Å². The summed E-state index contributed by atoms with van der Waals surface area (Å²) >= 11 is 0. The molecule has 0 nitrogen and oxygen atoms in total. The molecule has 0 fully saturated rings. The van der Waals surface area contributed by atoms with E-state index in [1.54, 1.807) is 0 Å². The van der Waals surface area contributed by atoms with Gasteiger partial charge in [0.15, 0.2) is 0 Å². The monoisotopic (exact) mass is 726 g/mol. The van der Waals surface area contributed by atoms with Crippen LogP contribution in [0.25, 0.3) is 54.9 Å². The Morgan fingerprint density at radius 1 is 0.281 bits per heavy atom. The Balaban J connectivity index is 1.13. The molecule has 0 aromatic heterocycles. The van der Waals surface area contributed by atoms with E-state index in [1.165, 1.54) is 66.8 Å². The van der Waals surface area contributed by atoms with Gasteiger partial charge in [0.25, 0.3) is 0 Å². The Hall–Kier alpha value is -6.60. The molecule has 57 heavy (non-hydrogen) atoms. The smallest absolute Gasteiger partial charge is 0.0407 e. The van der Waals surface area contributed by atoms with Crippen LogP contribution >= 0.6 is 0 Å². The van der Waals surface area contributed by atoms with Crippen LogP contribution in [0.5, 0.6) is 0 Å². The first kappa shape index (κ1) is 33.7. The zero-order valence-electron chi connectivity index (χ0n) is 33.4. The summed E-state index contributed by atoms with van der Waals surface area (Å²) in [4.78, 5) is 0. The van der Waals surface area contributed by atoms with Crippen molar-refractivity contribution in [1.82, 2.24) is 0 Å². The number of hydrogen-bond donors (Lipinski definition) is 0. The van der Waals surface area contributed by atoms with Gasteiger partial charge in [0, 0.05) is 38.5 Å². The van der Waals surface area contributed by atoms with Gasteiger partial charge in [-0.05, 0) is 125 Å². The van der Waals surface area contributed by atoms with Gasteiger partial charge in [-0.25, -0.2) is 0 Å². The Labute approximate surface area is 336 Å². The lowest BCUT2D eigenvalue weighted by Gasteiger charge is -2.22. The summed E-state index contributed by atoms with van der Waals surface area (Å²) in [6, 6.07) is 53.7. The normalized spacial score (nSPS) is 15.3. The SMILES string of the molecule is CC1(C)c2ccccc2-c2ccc(C#Cc3c4ccccc4c(C#Cc4ccc5c(c4)C(C)(C)c4ccccc4-5)c4cc5c(cc34)-c3ccccc3C5(C)C)cc21. The van der Waals surface area contributed by atoms with E-state index < -0.39 is 0 Å². The molecule has 0 heteroatoms. The van der Waals surface area contributed by atoms with Crippen LogP contribution in [0, 0.1) is 23.7 Å². The van der Waals surface area contributed by atoms with E-state index in [-0.39, 0.29) is 16.2 Å². The van der Waals surface area contributed by atoms with E-state index in [0.717, 1.165) is 43.8 Å². The van der Waals surface area contributed by atoms with Crippen LogP contribution in [0.4, 0.5) is 0 Å². The Morgan fingerprint density at radius 2 is 0.632 bits per heavy atom. The third-order valence-corrected chi connectivity index (χ3v) is 13.6. The van der Waals surface area contributed by atoms with Crippen molar-refractivity contribution in [3.8, 4) is 57.1 Å². The summed E-state index contributed by atoms with van der Waals surface area (Å²) in [6.07, 6.45) is 0. The predicted octanol–water partition coefficient (Wildman–Crippen LogP) is 13.7. The molecule has 0 aliphatic heterocycles. The molecule has 0 amide bonds. The molecule has 0 saturated carbocycles. The molecule has 0 spiro atoms. The molecule has 0 N–H and O–H groups in total. The average Bonchev–Trinajstić information content (AvgIpc) is 3.70. The van der Waals surface area contributed by atoms with Crippen molar-refractivity contribution >= 4 is 21.5 Å². The maximum absolute atomic E-state index is 3.78. The first-order valence-corrected chi connectivity index (χ1v) is 20.2. The summed E-state index contributed by atoms with van der Waals surface area (Å²) in [5.41, 5.74) is 19.9. The Kier molecular flexibility index (Phi) is 6.93. The van der Waals surface area contributed by atoms with E-state index in [9.17, 15) is 0 Å². The van der Waals surface area contributed by atoms with E-state index in [2.05, 4.69) is 211 Å². The topological polar surface area (TPSA) is 0 Å². The number of rotatable bonds is 0. The van der Waals surface area contributed by atoms with Crippen LogP contribution in [0.2, 0.25) is 0 Å². The Morgan fingerprint density at radius 3 is 1.09 bits per heavy atom. The summed E-state index contributed by atoms with van der Waals surface area (Å²) < 4.78 is 0. The molecule has 0 atom stereocenters. The molecule has 3 aliphatic carbocycles. The van der Waals surface area contributed by atoms with Gasteiger partial charge in [-0.3, -0.25) is 0 Å². The maximum Gasteiger partial charge on any atom is 0.0407 e. The first-order chi connectivity index (χ1) is 27.5. The summed E-state index contributed by atoms with van der Waals surface area (Å²) in [7, 11) is 0. The molecule has 8 aromatic rings. The number of fused-ring (bicyclic) bond motifs is 11.